The Balaban J connectivity index is 1.98. The van der Waals surface area contributed by atoms with Gasteiger partial charge >= 0.3 is 0 Å². The topological polar surface area (TPSA) is 45.2 Å². The first-order valence-electron chi connectivity index (χ1n) is 6.79. The number of rotatable bonds is 6. The van der Waals surface area contributed by atoms with Crippen LogP contribution in [0.1, 0.15) is 28.6 Å². The molecule has 0 radical (unpaired) electrons. The van der Waals surface area contributed by atoms with Crippen LogP contribution in [0.3, 0.4) is 0 Å². The fraction of sp³-hybridized carbons (Fsp3) is 0.333. The summed E-state index contributed by atoms with van der Waals surface area (Å²) in [5.41, 5.74) is 0.585. The summed E-state index contributed by atoms with van der Waals surface area (Å²) in [7, 11) is 1.78. The van der Waals surface area contributed by atoms with Gasteiger partial charge in [0.2, 0.25) is 0 Å². The predicted molar refractivity (Wildman–Crippen MR) is 88.1 cm³/mol. The number of anilines is 1. The monoisotopic (exact) mass is 323 g/mol. The molecule has 2 rings (SSSR count). The fourth-order valence-corrected chi connectivity index (χ4v) is 2.98. The summed E-state index contributed by atoms with van der Waals surface area (Å²) in [6.45, 7) is 3.52. The first kappa shape index (κ1) is 15.8. The van der Waals surface area contributed by atoms with E-state index in [1.807, 2.05) is 18.2 Å². The Morgan fingerprint density at radius 1 is 1.38 bits per heavy atom. The van der Waals surface area contributed by atoms with Crippen LogP contribution < -0.4 is 5.32 Å². The number of nitrogens with zero attached hydrogens (tertiary/aromatic N) is 2. The third-order valence-electron chi connectivity index (χ3n) is 2.94. The molecule has 0 saturated heterocycles. The van der Waals surface area contributed by atoms with Gasteiger partial charge in [0.15, 0.2) is 0 Å². The molecule has 6 heteroatoms. The number of carbonyl (C=O) groups is 1. The molecular formula is C15H18ClN3OS. The van der Waals surface area contributed by atoms with Gasteiger partial charge < -0.3 is 10.2 Å². The van der Waals surface area contributed by atoms with Crippen molar-refractivity contribution in [3.8, 4) is 0 Å². The molecule has 0 unspecified atom stereocenters. The van der Waals surface area contributed by atoms with Crippen molar-refractivity contribution < 1.29 is 4.79 Å². The summed E-state index contributed by atoms with van der Waals surface area (Å²) in [5.74, 6) is 0.746. The van der Waals surface area contributed by atoms with Gasteiger partial charge in [-0.1, -0.05) is 18.5 Å². The van der Waals surface area contributed by atoms with Crippen LogP contribution in [0.2, 0.25) is 4.34 Å². The minimum atomic E-state index is -0.0472. The summed E-state index contributed by atoms with van der Waals surface area (Å²) in [5, 5.41) is 3.18. The molecule has 0 bridgehead atoms. The Labute approximate surface area is 133 Å². The Hall–Kier alpha value is -1.59. The summed E-state index contributed by atoms with van der Waals surface area (Å²) < 4.78 is 0.735. The van der Waals surface area contributed by atoms with E-state index < -0.39 is 0 Å². The number of halogens is 1. The van der Waals surface area contributed by atoms with Gasteiger partial charge in [0.25, 0.3) is 5.91 Å². The number of pyridine rings is 1. The van der Waals surface area contributed by atoms with Crippen molar-refractivity contribution in [3.05, 3.63) is 45.2 Å². The lowest BCUT2D eigenvalue weighted by Crippen LogP contribution is -2.25. The van der Waals surface area contributed by atoms with Gasteiger partial charge in [0.1, 0.15) is 5.82 Å². The SMILES string of the molecule is CCCNc1ccc(C(=O)N(C)Cc2ccc(Cl)s2)cn1. The second kappa shape index (κ2) is 7.43. The highest BCUT2D eigenvalue weighted by molar-refractivity contribution is 7.16. The zero-order chi connectivity index (χ0) is 15.2. The van der Waals surface area contributed by atoms with Crippen LogP contribution in [0, 0.1) is 0 Å². The van der Waals surface area contributed by atoms with Gasteiger partial charge in [0, 0.05) is 24.7 Å². The lowest BCUT2D eigenvalue weighted by Gasteiger charge is -2.16. The molecular weight excluding hydrogens is 306 g/mol. The molecule has 0 aromatic carbocycles. The Morgan fingerprint density at radius 3 is 2.76 bits per heavy atom. The second-order valence-electron chi connectivity index (χ2n) is 4.73. The second-order valence-corrected chi connectivity index (χ2v) is 6.53. The van der Waals surface area contributed by atoms with Gasteiger partial charge in [0.05, 0.1) is 16.4 Å². The van der Waals surface area contributed by atoms with Crippen molar-refractivity contribution in [1.82, 2.24) is 9.88 Å². The van der Waals surface area contributed by atoms with E-state index >= 15 is 0 Å². The van der Waals surface area contributed by atoms with Gasteiger partial charge in [-0.2, -0.15) is 0 Å². The average Bonchev–Trinajstić information content (AvgIpc) is 2.90. The molecule has 0 fully saturated rings. The summed E-state index contributed by atoms with van der Waals surface area (Å²) >= 11 is 7.38. The molecule has 0 saturated carbocycles. The Bertz CT molecular complexity index is 597. The van der Waals surface area contributed by atoms with Crippen LogP contribution in [0.4, 0.5) is 5.82 Å². The zero-order valence-corrected chi connectivity index (χ0v) is 13.7. The highest BCUT2D eigenvalue weighted by atomic mass is 35.5. The van der Waals surface area contributed by atoms with E-state index in [0.717, 1.165) is 28.0 Å². The van der Waals surface area contributed by atoms with Crippen molar-refractivity contribution in [3.63, 3.8) is 0 Å². The molecule has 2 aromatic rings. The number of aromatic nitrogens is 1. The average molecular weight is 324 g/mol. The van der Waals surface area contributed by atoms with E-state index in [1.54, 1.807) is 24.2 Å². The number of hydrogen-bond acceptors (Lipinski definition) is 4. The maximum Gasteiger partial charge on any atom is 0.255 e. The Kier molecular flexibility index (Phi) is 5.59. The van der Waals surface area contributed by atoms with Crippen molar-refractivity contribution in [1.29, 1.82) is 0 Å². The first-order chi connectivity index (χ1) is 10.1. The van der Waals surface area contributed by atoms with E-state index in [4.69, 9.17) is 11.6 Å². The number of amides is 1. The molecule has 2 aromatic heterocycles. The maximum atomic E-state index is 12.3. The van der Waals surface area contributed by atoms with Crippen LogP contribution in [0.25, 0.3) is 0 Å². The number of carbonyl (C=O) groups excluding carboxylic acids is 1. The largest absolute Gasteiger partial charge is 0.370 e. The van der Waals surface area contributed by atoms with E-state index in [-0.39, 0.29) is 5.91 Å². The summed E-state index contributed by atoms with van der Waals surface area (Å²) in [4.78, 5) is 19.3. The first-order valence-corrected chi connectivity index (χ1v) is 7.99. The lowest BCUT2D eigenvalue weighted by molar-refractivity contribution is 0.0786. The molecule has 1 amide bonds. The van der Waals surface area contributed by atoms with Crippen LogP contribution in [0.15, 0.2) is 30.5 Å². The molecule has 0 aliphatic carbocycles. The molecule has 0 spiro atoms. The standard InChI is InChI=1S/C15H18ClN3OS/c1-3-8-17-14-7-4-11(9-18-14)15(20)19(2)10-12-5-6-13(16)21-12/h4-7,9H,3,8,10H2,1-2H3,(H,17,18). The molecule has 0 atom stereocenters. The van der Waals surface area contributed by atoms with E-state index in [9.17, 15) is 4.79 Å². The normalized spacial score (nSPS) is 10.4. The smallest absolute Gasteiger partial charge is 0.255 e. The van der Waals surface area contributed by atoms with Gasteiger partial charge in [-0.15, -0.1) is 11.3 Å². The van der Waals surface area contributed by atoms with E-state index in [1.165, 1.54) is 11.3 Å². The lowest BCUT2D eigenvalue weighted by atomic mass is 10.2. The van der Waals surface area contributed by atoms with Crippen LogP contribution >= 0.6 is 22.9 Å². The Morgan fingerprint density at radius 2 is 2.19 bits per heavy atom. The van der Waals surface area contributed by atoms with Gasteiger partial charge in [-0.3, -0.25) is 4.79 Å². The summed E-state index contributed by atoms with van der Waals surface area (Å²) in [6, 6.07) is 7.41. The fourth-order valence-electron chi connectivity index (χ4n) is 1.84. The third kappa shape index (κ3) is 4.44. The molecule has 2 heterocycles. The molecule has 0 aliphatic heterocycles. The third-order valence-corrected chi connectivity index (χ3v) is 4.15. The van der Waals surface area contributed by atoms with Crippen LogP contribution in [-0.4, -0.2) is 29.4 Å². The predicted octanol–water partition coefficient (Wildman–Crippen LogP) is 3.89. The number of hydrogen-bond donors (Lipinski definition) is 1. The van der Waals surface area contributed by atoms with Crippen LogP contribution in [0.5, 0.6) is 0 Å². The van der Waals surface area contributed by atoms with Gasteiger partial charge in [-0.05, 0) is 30.7 Å². The van der Waals surface area contributed by atoms with Crippen molar-refractivity contribution in [2.45, 2.75) is 19.9 Å². The maximum absolute atomic E-state index is 12.3. The molecule has 1 N–H and O–H groups in total. The number of nitrogens with one attached hydrogen (secondary N) is 1. The van der Waals surface area contributed by atoms with E-state index in [0.29, 0.717) is 12.1 Å². The van der Waals surface area contributed by atoms with Crippen molar-refractivity contribution in [2.75, 3.05) is 18.9 Å². The van der Waals surface area contributed by atoms with Crippen LogP contribution in [-0.2, 0) is 6.54 Å². The number of thiophene rings is 1. The quantitative estimate of drug-likeness (QED) is 0.877. The van der Waals surface area contributed by atoms with Gasteiger partial charge in [-0.25, -0.2) is 4.98 Å². The molecule has 21 heavy (non-hydrogen) atoms. The minimum absolute atomic E-state index is 0.0472. The highest BCUT2D eigenvalue weighted by Crippen LogP contribution is 2.22. The minimum Gasteiger partial charge on any atom is -0.370 e. The van der Waals surface area contributed by atoms with Crippen molar-refractivity contribution in [2.24, 2.45) is 0 Å². The highest BCUT2D eigenvalue weighted by Gasteiger charge is 2.13. The molecule has 112 valence electrons. The molecule has 0 aliphatic rings. The zero-order valence-electron chi connectivity index (χ0n) is 12.1. The van der Waals surface area contributed by atoms with E-state index in [2.05, 4.69) is 17.2 Å². The summed E-state index contributed by atoms with van der Waals surface area (Å²) in [6.07, 6.45) is 2.65. The van der Waals surface area contributed by atoms with Crippen molar-refractivity contribution >= 4 is 34.7 Å². The molecule has 4 nitrogen and oxygen atoms in total.